The van der Waals surface area contributed by atoms with Gasteiger partial charge in [0.15, 0.2) is 17.7 Å². The average molecular weight is 268 g/mol. The lowest BCUT2D eigenvalue weighted by Crippen LogP contribution is -2.82. The molecule has 1 aromatic carbocycles. The first-order valence-electron chi connectivity index (χ1n) is 5.52. The minimum absolute atomic E-state index is 0.100. The molecular weight excluding hydrogens is 250 g/mol. The number of ether oxygens (including phenoxy) is 2. The van der Waals surface area contributed by atoms with Crippen LogP contribution in [0.5, 0.6) is 11.5 Å². The molecule has 0 unspecified atom stereocenters. The van der Waals surface area contributed by atoms with Crippen molar-refractivity contribution in [2.45, 2.75) is 20.0 Å². The van der Waals surface area contributed by atoms with E-state index in [-0.39, 0.29) is 11.2 Å². The lowest BCUT2D eigenvalue weighted by atomic mass is 10.2. The van der Waals surface area contributed by atoms with Gasteiger partial charge in [0.2, 0.25) is 5.11 Å². The first kappa shape index (κ1) is 14.2. The Bertz CT molecular complexity index is 447. The number of hydrazone groups is 1. The third-order valence-corrected chi connectivity index (χ3v) is 2.09. The summed E-state index contributed by atoms with van der Waals surface area (Å²) in [5, 5.41) is 2.95. The smallest absolute Gasteiger partial charge is 0.221 e. The second kappa shape index (κ2) is 6.80. The van der Waals surface area contributed by atoms with Gasteiger partial charge < -0.3 is 15.2 Å². The molecule has 5 nitrogen and oxygen atoms in total. The van der Waals surface area contributed by atoms with Gasteiger partial charge in [-0.25, -0.2) is 0 Å². The van der Waals surface area contributed by atoms with Crippen molar-refractivity contribution >= 4 is 23.5 Å². The van der Waals surface area contributed by atoms with E-state index in [1.54, 1.807) is 13.3 Å². The highest BCUT2D eigenvalue weighted by Crippen LogP contribution is 2.28. The van der Waals surface area contributed by atoms with Crippen molar-refractivity contribution in [2.24, 2.45) is 5.73 Å². The van der Waals surface area contributed by atoms with Crippen LogP contribution < -0.4 is 25.7 Å². The largest absolute Gasteiger partial charge is 0.493 e. The highest BCUT2D eigenvalue weighted by Gasteiger charge is 2.07. The van der Waals surface area contributed by atoms with E-state index in [4.69, 9.17) is 15.2 Å². The summed E-state index contributed by atoms with van der Waals surface area (Å²) in [7, 11) is 1.60. The van der Waals surface area contributed by atoms with E-state index in [2.05, 4.69) is 22.7 Å². The Morgan fingerprint density at radius 1 is 1.44 bits per heavy atom. The fraction of sp³-hybridized carbons (Fsp3) is 0.333. The molecule has 1 rings (SSSR count). The molecule has 98 valence electrons. The van der Waals surface area contributed by atoms with Crippen molar-refractivity contribution in [2.75, 3.05) is 7.11 Å². The van der Waals surface area contributed by atoms with Crippen LogP contribution in [-0.4, -0.2) is 24.5 Å². The van der Waals surface area contributed by atoms with E-state index >= 15 is 0 Å². The van der Waals surface area contributed by atoms with Crippen LogP contribution in [-0.2, 0) is 0 Å². The van der Waals surface area contributed by atoms with Crippen LogP contribution in [0.1, 0.15) is 19.4 Å². The fourth-order valence-electron chi connectivity index (χ4n) is 1.32. The van der Waals surface area contributed by atoms with Crippen LogP contribution in [0.15, 0.2) is 18.2 Å². The van der Waals surface area contributed by atoms with E-state index in [0.717, 1.165) is 5.56 Å². The zero-order chi connectivity index (χ0) is 13.5. The van der Waals surface area contributed by atoms with Gasteiger partial charge in [0.25, 0.3) is 0 Å². The Balaban J connectivity index is 2.84. The van der Waals surface area contributed by atoms with Crippen LogP contribution in [0.3, 0.4) is 0 Å². The molecule has 0 aliphatic heterocycles. The average Bonchev–Trinajstić information content (AvgIpc) is 2.29. The quantitative estimate of drug-likeness (QED) is 0.390. The summed E-state index contributed by atoms with van der Waals surface area (Å²) in [5.41, 5.74) is 8.80. The Morgan fingerprint density at radius 2 is 2.17 bits per heavy atom. The highest BCUT2D eigenvalue weighted by molar-refractivity contribution is 7.80. The molecule has 0 radical (unpaired) electrons. The number of hydrogen-bond acceptors (Lipinski definition) is 3. The monoisotopic (exact) mass is 268 g/mol. The van der Waals surface area contributed by atoms with Gasteiger partial charge in [-0.15, -0.1) is 10.5 Å². The topological polar surface area (TPSA) is 70.5 Å². The maximum atomic E-state index is 5.62. The van der Waals surface area contributed by atoms with E-state index in [9.17, 15) is 0 Å². The molecule has 0 spiro atoms. The molecule has 0 saturated carbocycles. The predicted molar refractivity (Wildman–Crippen MR) is 74.8 cm³/mol. The molecule has 6 heteroatoms. The molecule has 0 aromatic heterocycles. The van der Waals surface area contributed by atoms with Crippen molar-refractivity contribution in [3.63, 3.8) is 0 Å². The number of methoxy groups -OCH3 is 1. The van der Waals surface area contributed by atoms with Crippen molar-refractivity contribution in [1.29, 1.82) is 0 Å². The molecule has 4 N–H and O–H groups in total. The molecular formula is C12H18N3O2S+. The second-order valence-electron chi connectivity index (χ2n) is 3.85. The maximum absolute atomic E-state index is 5.62. The van der Waals surface area contributed by atoms with Crippen molar-refractivity contribution in [3.05, 3.63) is 23.8 Å². The maximum Gasteiger partial charge on any atom is 0.221 e. The van der Waals surface area contributed by atoms with Gasteiger partial charge in [-0.05, 0) is 44.3 Å². The number of nitrogens with two attached hydrogens (primary N) is 1. The molecule has 0 amide bonds. The third-order valence-electron chi connectivity index (χ3n) is 1.98. The SMILES string of the molecule is COc1cc(C=[NH+]NC(N)=S)ccc1OC(C)C. The van der Waals surface area contributed by atoms with Gasteiger partial charge in [0.1, 0.15) is 0 Å². The first-order chi connectivity index (χ1) is 8.52. The van der Waals surface area contributed by atoms with Crippen LogP contribution in [0.25, 0.3) is 0 Å². The molecule has 18 heavy (non-hydrogen) atoms. The number of hydrogen-bond donors (Lipinski definition) is 3. The minimum Gasteiger partial charge on any atom is -0.493 e. The fourth-order valence-corrected chi connectivity index (χ4v) is 1.37. The normalized spacial score (nSPS) is 10.7. The Labute approximate surface area is 112 Å². The zero-order valence-electron chi connectivity index (χ0n) is 10.7. The van der Waals surface area contributed by atoms with Crippen molar-refractivity contribution in [3.8, 4) is 11.5 Å². The van der Waals surface area contributed by atoms with E-state index in [0.29, 0.717) is 11.5 Å². The Kier molecular flexibility index (Phi) is 5.38. The predicted octanol–water partition coefficient (Wildman–Crippen LogP) is -0.270. The molecule has 0 bridgehead atoms. The summed E-state index contributed by atoms with van der Waals surface area (Å²) in [6.45, 7) is 3.93. The van der Waals surface area contributed by atoms with Crippen molar-refractivity contribution < 1.29 is 14.6 Å². The lowest BCUT2D eigenvalue weighted by molar-refractivity contribution is -0.499. The summed E-state index contributed by atoms with van der Waals surface area (Å²) in [4.78, 5) is 0. The molecule has 1 aromatic rings. The second-order valence-corrected chi connectivity index (χ2v) is 4.29. The van der Waals surface area contributed by atoms with Gasteiger partial charge in [-0.1, -0.05) is 0 Å². The number of benzene rings is 1. The van der Waals surface area contributed by atoms with Crippen LogP contribution >= 0.6 is 12.2 Å². The van der Waals surface area contributed by atoms with Crippen LogP contribution in [0, 0.1) is 0 Å². The number of nitrogens with one attached hydrogen (secondary N) is 2. The molecule has 0 heterocycles. The van der Waals surface area contributed by atoms with E-state index in [1.165, 1.54) is 0 Å². The summed E-state index contributed by atoms with van der Waals surface area (Å²) in [5.74, 6) is 1.39. The molecule has 0 fully saturated rings. The Hall–Kier alpha value is -1.82. The molecule has 0 atom stereocenters. The van der Waals surface area contributed by atoms with Gasteiger partial charge >= 0.3 is 0 Å². The molecule has 0 saturated heterocycles. The van der Waals surface area contributed by atoms with Crippen molar-refractivity contribution in [1.82, 2.24) is 5.43 Å². The number of hydrazine groups is 1. The summed E-state index contributed by atoms with van der Waals surface area (Å²) in [6.07, 6.45) is 1.82. The van der Waals surface area contributed by atoms with E-state index in [1.807, 2.05) is 32.0 Å². The van der Waals surface area contributed by atoms with Gasteiger partial charge in [-0.3, -0.25) is 0 Å². The van der Waals surface area contributed by atoms with Gasteiger partial charge in [0, 0.05) is 5.56 Å². The van der Waals surface area contributed by atoms with E-state index < -0.39 is 0 Å². The third kappa shape index (κ3) is 4.58. The number of thiocarbonyl (C=S) groups is 1. The Morgan fingerprint density at radius 3 is 2.72 bits per heavy atom. The summed E-state index contributed by atoms with van der Waals surface area (Å²) >= 11 is 4.67. The minimum atomic E-state index is 0.100. The molecule has 0 aliphatic carbocycles. The lowest BCUT2D eigenvalue weighted by Gasteiger charge is -2.13. The summed E-state index contributed by atoms with van der Waals surface area (Å²) < 4.78 is 10.9. The first-order valence-corrected chi connectivity index (χ1v) is 5.92. The van der Waals surface area contributed by atoms with Gasteiger partial charge in [0.05, 0.1) is 13.2 Å². The zero-order valence-corrected chi connectivity index (χ0v) is 11.5. The van der Waals surface area contributed by atoms with Gasteiger partial charge in [-0.2, -0.15) is 0 Å². The molecule has 0 aliphatic rings. The standard InChI is InChI=1S/C12H17N3O2S/c1-8(2)17-10-5-4-9(6-11(10)16-3)7-14-15-12(13)18/h4-8H,1-3H3,(H3,13,15,18)/p+1. The van der Waals surface area contributed by atoms with Crippen LogP contribution in [0.4, 0.5) is 0 Å². The summed E-state index contributed by atoms with van der Waals surface area (Å²) in [6, 6.07) is 5.60. The number of rotatable bonds is 5. The van der Waals surface area contributed by atoms with Crippen LogP contribution in [0.2, 0.25) is 0 Å². The highest BCUT2D eigenvalue weighted by atomic mass is 32.1.